The van der Waals surface area contributed by atoms with Crippen molar-refractivity contribution in [3.8, 4) is 23.3 Å². The third-order valence-electron chi connectivity index (χ3n) is 5.61. The first-order valence-electron chi connectivity index (χ1n) is 11.7. The van der Waals surface area contributed by atoms with Crippen molar-refractivity contribution in [2.75, 3.05) is 24.7 Å². The number of pyridine rings is 1. The summed E-state index contributed by atoms with van der Waals surface area (Å²) < 4.78 is 38.6. The summed E-state index contributed by atoms with van der Waals surface area (Å²) in [5.41, 5.74) is 8.75. The van der Waals surface area contributed by atoms with E-state index in [4.69, 9.17) is 15.2 Å². The second-order valence-corrected chi connectivity index (χ2v) is 9.86. The Morgan fingerprint density at radius 2 is 1.59 bits per heavy atom. The van der Waals surface area contributed by atoms with E-state index in [1.165, 1.54) is 50.8 Å². The lowest BCUT2D eigenvalue weighted by molar-refractivity contribution is 0.104. The molecule has 8 nitrogen and oxygen atoms in total. The number of ketones is 1. The molecule has 0 aliphatic heterocycles. The maximum atomic E-state index is 12.9. The summed E-state index contributed by atoms with van der Waals surface area (Å²) in [7, 11) is -0.801. The number of nitrogens with two attached hydrogens (primary N) is 1. The fourth-order valence-corrected chi connectivity index (χ4v) is 4.59. The van der Waals surface area contributed by atoms with Gasteiger partial charge in [0.15, 0.2) is 5.78 Å². The van der Waals surface area contributed by atoms with Gasteiger partial charge in [0.05, 0.1) is 24.7 Å². The van der Waals surface area contributed by atoms with Crippen LogP contribution in [0.4, 0.5) is 11.5 Å². The predicted molar refractivity (Wildman–Crippen MR) is 151 cm³/mol. The van der Waals surface area contributed by atoms with Gasteiger partial charge in [-0.3, -0.25) is 9.52 Å². The maximum Gasteiger partial charge on any atom is 0.263 e. The van der Waals surface area contributed by atoms with E-state index in [9.17, 15) is 13.2 Å². The zero-order chi connectivity index (χ0) is 27.8. The first-order valence-corrected chi connectivity index (χ1v) is 13.2. The number of rotatable bonds is 8. The van der Waals surface area contributed by atoms with Crippen molar-refractivity contribution in [2.45, 2.75) is 4.90 Å². The molecule has 196 valence electrons. The van der Waals surface area contributed by atoms with Gasteiger partial charge < -0.3 is 15.2 Å². The lowest BCUT2D eigenvalue weighted by atomic mass is 10.0. The number of methoxy groups -OCH3 is 2. The molecule has 9 heteroatoms. The van der Waals surface area contributed by atoms with Gasteiger partial charge >= 0.3 is 0 Å². The highest BCUT2D eigenvalue weighted by Crippen LogP contribution is 2.30. The molecule has 0 saturated heterocycles. The van der Waals surface area contributed by atoms with Gasteiger partial charge in [0, 0.05) is 34.6 Å². The number of nitrogens with one attached hydrogen (secondary N) is 1. The monoisotopic (exact) mass is 539 g/mol. The van der Waals surface area contributed by atoms with Crippen LogP contribution in [0, 0.1) is 11.8 Å². The van der Waals surface area contributed by atoms with Gasteiger partial charge in [0.25, 0.3) is 10.0 Å². The highest BCUT2D eigenvalue weighted by molar-refractivity contribution is 7.92. The van der Waals surface area contributed by atoms with Crippen molar-refractivity contribution in [2.24, 2.45) is 0 Å². The zero-order valence-corrected chi connectivity index (χ0v) is 22.0. The number of allylic oxidation sites excluding steroid dienone is 1. The molecule has 0 atom stereocenters. The van der Waals surface area contributed by atoms with Gasteiger partial charge in [0.2, 0.25) is 0 Å². The Morgan fingerprint density at radius 3 is 2.26 bits per heavy atom. The van der Waals surface area contributed by atoms with Gasteiger partial charge in [-0.2, -0.15) is 0 Å². The highest BCUT2D eigenvalue weighted by atomic mass is 32.2. The summed E-state index contributed by atoms with van der Waals surface area (Å²) in [6.07, 6.45) is 4.47. The molecule has 0 amide bonds. The fourth-order valence-electron chi connectivity index (χ4n) is 3.58. The van der Waals surface area contributed by atoms with Crippen LogP contribution in [-0.4, -0.2) is 33.4 Å². The average Bonchev–Trinajstić information content (AvgIpc) is 2.95. The predicted octanol–water partition coefficient (Wildman–Crippen LogP) is 4.78. The van der Waals surface area contributed by atoms with Crippen LogP contribution in [0.2, 0.25) is 0 Å². The Hall–Kier alpha value is -5.07. The van der Waals surface area contributed by atoms with Gasteiger partial charge in [0.1, 0.15) is 17.3 Å². The highest BCUT2D eigenvalue weighted by Gasteiger charge is 2.15. The standard InChI is InChI=1S/C30H25N3O5S/c1-37-28-20-29(38-2)24(19-23(28)11-10-21-7-3-4-8-26(21)31)14-17-27(34)22-12-15-25(16-13-22)39(35,36)33-30-9-5-6-18-32-30/h3-9,12-20H,31H2,1-2H3,(H,32,33)/b17-14+. The van der Waals surface area contributed by atoms with E-state index in [2.05, 4.69) is 21.5 Å². The molecule has 4 rings (SSSR count). The molecule has 0 aliphatic rings. The number of anilines is 2. The van der Waals surface area contributed by atoms with Crippen LogP contribution in [-0.2, 0) is 10.0 Å². The number of aromatic nitrogens is 1. The molecule has 0 spiro atoms. The second-order valence-electron chi connectivity index (χ2n) is 8.17. The molecule has 0 saturated carbocycles. The number of nitrogens with zero attached hydrogens (tertiary/aromatic N) is 1. The summed E-state index contributed by atoms with van der Waals surface area (Å²) in [6, 6.07) is 21.3. The lowest BCUT2D eigenvalue weighted by Gasteiger charge is -2.10. The van der Waals surface area contributed by atoms with Crippen molar-refractivity contribution in [1.82, 2.24) is 4.98 Å². The third-order valence-corrected chi connectivity index (χ3v) is 6.98. The van der Waals surface area contributed by atoms with Crippen LogP contribution in [0.25, 0.3) is 6.08 Å². The molecule has 39 heavy (non-hydrogen) atoms. The normalized spacial score (nSPS) is 10.9. The van der Waals surface area contributed by atoms with Crippen molar-refractivity contribution < 1.29 is 22.7 Å². The van der Waals surface area contributed by atoms with Crippen molar-refractivity contribution >= 4 is 33.4 Å². The number of hydrogen-bond donors (Lipinski definition) is 2. The Morgan fingerprint density at radius 1 is 0.897 bits per heavy atom. The van der Waals surface area contributed by atoms with E-state index in [0.717, 1.165) is 0 Å². The number of carbonyl (C=O) groups is 1. The molecule has 0 fully saturated rings. The minimum atomic E-state index is -3.85. The first kappa shape index (κ1) is 27.0. The second kappa shape index (κ2) is 12.0. The summed E-state index contributed by atoms with van der Waals surface area (Å²) in [5, 5.41) is 0. The number of benzene rings is 3. The fraction of sp³-hybridized carbons (Fsp3) is 0.0667. The van der Waals surface area contributed by atoms with Crippen molar-refractivity contribution in [1.29, 1.82) is 0 Å². The van der Waals surface area contributed by atoms with Gasteiger partial charge in [-0.05, 0) is 66.7 Å². The van der Waals surface area contributed by atoms with E-state index in [-0.39, 0.29) is 16.5 Å². The van der Waals surface area contributed by atoms with Gasteiger partial charge in [-0.1, -0.05) is 30.0 Å². The maximum absolute atomic E-state index is 12.9. The van der Waals surface area contributed by atoms with Crippen LogP contribution in [0.3, 0.4) is 0 Å². The molecule has 0 unspecified atom stereocenters. The molecule has 1 heterocycles. The topological polar surface area (TPSA) is 121 Å². The summed E-state index contributed by atoms with van der Waals surface area (Å²) in [5.74, 6) is 7.00. The average molecular weight is 540 g/mol. The van der Waals surface area contributed by atoms with Crippen LogP contribution >= 0.6 is 0 Å². The molecule has 3 N–H and O–H groups in total. The lowest BCUT2D eigenvalue weighted by Crippen LogP contribution is -2.13. The quantitative estimate of drug-likeness (QED) is 0.143. The van der Waals surface area contributed by atoms with E-state index in [0.29, 0.717) is 39.4 Å². The number of sulfonamides is 1. The number of para-hydroxylation sites is 1. The van der Waals surface area contributed by atoms with Crippen LogP contribution in [0.1, 0.15) is 27.0 Å². The summed E-state index contributed by atoms with van der Waals surface area (Å²) in [4.78, 5) is 16.8. The number of nitrogen functional groups attached to an aromatic ring is 1. The van der Waals surface area contributed by atoms with E-state index in [1.807, 2.05) is 18.2 Å². The van der Waals surface area contributed by atoms with Crippen LogP contribution in [0.5, 0.6) is 11.5 Å². The molecule has 0 aliphatic carbocycles. The Labute approximate surface area is 227 Å². The van der Waals surface area contributed by atoms with E-state index < -0.39 is 10.0 Å². The van der Waals surface area contributed by atoms with E-state index in [1.54, 1.807) is 42.5 Å². The Bertz CT molecular complexity index is 1690. The molecule has 0 radical (unpaired) electrons. The van der Waals surface area contributed by atoms with Crippen molar-refractivity contribution in [3.63, 3.8) is 0 Å². The first-order chi connectivity index (χ1) is 18.8. The minimum Gasteiger partial charge on any atom is -0.496 e. The zero-order valence-electron chi connectivity index (χ0n) is 21.2. The van der Waals surface area contributed by atoms with Crippen molar-refractivity contribution in [3.05, 3.63) is 113 Å². The molecule has 4 aromatic rings. The van der Waals surface area contributed by atoms with Crippen LogP contribution < -0.4 is 19.9 Å². The molecular formula is C30H25N3O5S. The molecular weight excluding hydrogens is 514 g/mol. The molecule has 0 bridgehead atoms. The molecule has 3 aromatic carbocycles. The number of hydrogen-bond acceptors (Lipinski definition) is 7. The number of carbonyl (C=O) groups excluding carboxylic acids is 1. The van der Waals surface area contributed by atoms with E-state index >= 15 is 0 Å². The SMILES string of the molecule is COc1cc(OC)c(/C=C/C(=O)c2ccc(S(=O)(=O)Nc3ccccn3)cc2)cc1C#Cc1ccccc1N. The summed E-state index contributed by atoms with van der Waals surface area (Å²) in [6.45, 7) is 0. The molecule has 1 aromatic heterocycles. The smallest absolute Gasteiger partial charge is 0.263 e. The number of ether oxygens (including phenoxy) is 2. The largest absolute Gasteiger partial charge is 0.496 e. The van der Waals surface area contributed by atoms with Gasteiger partial charge in [-0.15, -0.1) is 0 Å². The Balaban J connectivity index is 1.56. The third kappa shape index (κ3) is 6.63. The Kier molecular flexibility index (Phi) is 8.29. The van der Waals surface area contributed by atoms with Crippen LogP contribution in [0.15, 0.2) is 96.0 Å². The van der Waals surface area contributed by atoms with Gasteiger partial charge in [-0.25, -0.2) is 13.4 Å². The minimum absolute atomic E-state index is 0.00720. The summed E-state index contributed by atoms with van der Waals surface area (Å²) >= 11 is 0.